The van der Waals surface area contributed by atoms with Crippen LogP contribution in [0.15, 0.2) is 0 Å². The minimum Gasteiger partial charge on any atom is -0.298 e. The molecule has 0 N–H and O–H groups in total. The zero-order valence-corrected chi connectivity index (χ0v) is 9.81. The fourth-order valence-electron chi connectivity index (χ4n) is 2.61. The van der Waals surface area contributed by atoms with Crippen molar-refractivity contribution in [3.05, 3.63) is 0 Å². The summed E-state index contributed by atoms with van der Waals surface area (Å²) < 4.78 is 0. The van der Waals surface area contributed by atoms with Crippen LogP contribution in [0.25, 0.3) is 0 Å². The highest BCUT2D eigenvalue weighted by Crippen LogP contribution is 2.35. The Balaban J connectivity index is 1.85. The molecule has 1 aliphatic carbocycles. The fourth-order valence-corrected chi connectivity index (χ4v) is 3.92. The normalized spacial score (nSPS) is 38.5. The first-order chi connectivity index (χ1) is 6.77. The first kappa shape index (κ1) is 10.5. The summed E-state index contributed by atoms with van der Waals surface area (Å²) in [5, 5.41) is 0.369. The van der Waals surface area contributed by atoms with Crippen LogP contribution in [0.5, 0.6) is 0 Å². The van der Waals surface area contributed by atoms with Crippen LogP contribution in [0.4, 0.5) is 0 Å². The summed E-state index contributed by atoms with van der Waals surface area (Å²) in [6.07, 6.45) is 7.27. The van der Waals surface area contributed by atoms with Gasteiger partial charge in [-0.2, -0.15) is 11.8 Å². The van der Waals surface area contributed by atoms with E-state index in [1.807, 2.05) is 11.8 Å². The zero-order valence-electron chi connectivity index (χ0n) is 9.00. The molecular formula is C12H20OS. The molecule has 1 atom stereocenters. The number of Topliss-reactive ketones (excluding diaryl/α,β-unsaturated/α-hetero) is 1. The van der Waals surface area contributed by atoms with E-state index in [1.54, 1.807) is 0 Å². The molecule has 14 heavy (non-hydrogen) atoms. The highest BCUT2D eigenvalue weighted by atomic mass is 32.2. The highest BCUT2D eigenvalue weighted by Gasteiger charge is 2.31. The number of thioether (sulfide) groups is 1. The largest absolute Gasteiger partial charge is 0.298 e. The number of carbonyl (C=O) groups is 1. The maximum Gasteiger partial charge on any atom is 0.148 e. The molecule has 2 aliphatic rings. The summed E-state index contributed by atoms with van der Waals surface area (Å²) in [6.45, 7) is 2.31. The van der Waals surface area contributed by atoms with E-state index in [0.29, 0.717) is 17.0 Å². The predicted molar refractivity (Wildman–Crippen MR) is 61.6 cm³/mol. The maximum atomic E-state index is 12.1. The van der Waals surface area contributed by atoms with Gasteiger partial charge in [0.05, 0.1) is 5.25 Å². The van der Waals surface area contributed by atoms with Crippen LogP contribution in [0.1, 0.15) is 45.4 Å². The SMILES string of the molecule is CC1CCC(C(=O)C2CCCS2)CC1. The van der Waals surface area contributed by atoms with Crippen molar-refractivity contribution in [3.8, 4) is 0 Å². The molecule has 0 bridgehead atoms. The summed E-state index contributed by atoms with van der Waals surface area (Å²) in [5.74, 6) is 3.07. The van der Waals surface area contributed by atoms with Gasteiger partial charge in [0.15, 0.2) is 0 Å². The molecule has 1 unspecified atom stereocenters. The van der Waals surface area contributed by atoms with Crippen molar-refractivity contribution in [2.24, 2.45) is 11.8 Å². The second-order valence-electron chi connectivity index (χ2n) is 4.86. The van der Waals surface area contributed by atoms with Crippen molar-refractivity contribution < 1.29 is 4.79 Å². The van der Waals surface area contributed by atoms with Crippen molar-refractivity contribution in [2.75, 3.05) is 5.75 Å². The molecule has 0 aromatic carbocycles. The van der Waals surface area contributed by atoms with Crippen molar-refractivity contribution in [3.63, 3.8) is 0 Å². The Morgan fingerprint density at radius 2 is 1.86 bits per heavy atom. The van der Waals surface area contributed by atoms with Gasteiger partial charge >= 0.3 is 0 Å². The van der Waals surface area contributed by atoms with E-state index in [4.69, 9.17) is 0 Å². The fraction of sp³-hybridized carbons (Fsp3) is 0.917. The van der Waals surface area contributed by atoms with E-state index in [0.717, 1.165) is 25.2 Å². The van der Waals surface area contributed by atoms with Gasteiger partial charge in [0.25, 0.3) is 0 Å². The minimum absolute atomic E-state index is 0.369. The number of hydrogen-bond acceptors (Lipinski definition) is 2. The lowest BCUT2D eigenvalue weighted by Gasteiger charge is -2.26. The van der Waals surface area contributed by atoms with Crippen LogP contribution in [-0.4, -0.2) is 16.8 Å². The van der Waals surface area contributed by atoms with E-state index >= 15 is 0 Å². The molecule has 2 fully saturated rings. The molecule has 0 radical (unpaired) electrons. The molecule has 80 valence electrons. The lowest BCUT2D eigenvalue weighted by atomic mass is 9.80. The van der Waals surface area contributed by atoms with Gasteiger partial charge in [0.2, 0.25) is 0 Å². The third kappa shape index (κ3) is 2.33. The molecule has 1 heterocycles. The predicted octanol–water partition coefficient (Wildman–Crippen LogP) is 3.28. The molecule has 1 aliphatic heterocycles. The molecule has 1 saturated carbocycles. The highest BCUT2D eigenvalue weighted by molar-refractivity contribution is 8.00. The third-order valence-corrected chi connectivity index (χ3v) is 5.06. The van der Waals surface area contributed by atoms with Gasteiger partial charge in [-0.05, 0) is 37.4 Å². The van der Waals surface area contributed by atoms with Crippen LogP contribution < -0.4 is 0 Å². The summed E-state index contributed by atoms with van der Waals surface area (Å²) in [5.41, 5.74) is 0. The molecule has 1 saturated heterocycles. The molecule has 2 heteroatoms. The Morgan fingerprint density at radius 1 is 1.14 bits per heavy atom. The Hall–Kier alpha value is 0.0200. The van der Waals surface area contributed by atoms with E-state index in [2.05, 4.69) is 6.92 Å². The molecule has 0 aromatic heterocycles. The monoisotopic (exact) mass is 212 g/mol. The second kappa shape index (κ2) is 4.69. The summed E-state index contributed by atoms with van der Waals surface area (Å²) in [7, 11) is 0. The quantitative estimate of drug-likeness (QED) is 0.699. The molecule has 0 spiro atoms. The topological polar surface area (TPSA) is 17.1 Å². The first-order valence-corrected chi connectivity index (χ1v) is 6.97. The average Bonchev–Trinajstić information content (AvgIpc) is 2.71. The molecular weight excluding hydrogens is 192 g/mol. The number of rotatable bonds is 2. The Kier molecular flexibility index (Phi) is 3.53. The van der Waals surface area contributed by atoms with Crippen LogP contribution >= 0.6 is 11.8 Å². The van der Waals surface area contributed by atoms with Gasteiger partial charge in [-0.1, -0.05) is 19.8 Å². The van der Waals surface area contributed by atoms with Crippen LogP contribution in [0, 0.1) is 11.8 Å². The summed E-state index contributed by atoms with van der Waals surface area (Å²) >= 11 is 1.90. The number of carbonyl (C=O) groups excluding carboxylic acids is 1. The van der Waals surface area contributed by atoms with Gasteiger partial charge in [-0.15, -0.1) is 0 Å². The smallest absolute Gasteiger partial charge is 0.148 e. The summed E-state index contributed by atoms with van der Waals surface area (Å²) in [4.78, 5) is 12.1. The van der Waals surface area contributed by atoms with Gasteiger partial charge < -0.3 is 0 Å². The summed E-state index contributed by atoms with van der Waals surface area (Å²) in [6, 6.07) is 0. The van der Waals surface area contributed by atoms with Gasteiger partial charge in [0, 0.05) is 5.92 Å². The van der Waals surface area contributed by atoms with E-state index in [-0.39, 0.29) is 0 Å². The van der Waals surface area contributed by atoms with Crippen molar-refractivity contribution in [2.45, 2.75) is 50.7 Å². The molecule has 1 nitrogen and oxygen atoms in total. The van der Waals surface area contributed by atoms with Gasteiger partial charge in [0.1, 0.15) is 5.78 Å². The second-order valence-corrected chi connectivity index (χ2v) is 6.17. The van der Waals surface area contributed by atoms with Crippen molar-refractivity contribution in [1.29, 1.82) is 0 Å². The first-order valence-electron chi connectivity index (χ1n) is 5.92. The molecule has 0 amide bonds. The van der Waals surface area contributed by atoms with Crippen LogP contribution in [-0.2, 0) is 4.79 Å². The lowest BCUT2D eigenvalue weighted by molar-refractivity contribution is -0.123. The maximum absolute atomic E-state index is 12.1. The number of ketones is 1. The Morgan fingerprint density at radius 3 is 2.43 bits per heavy atom. The van der Waals surface area contributed by atoms with E-state index in [1.165, 1.54) is 25.0 Å². The average molecular weight is 212 g/mol. The minimum atomic E-state index is 0.369. The number of hydrogen-bond donors (Lipinski definition) is 0. The van der Waals surface area contributed by atoms with Crippen LogP contribution in [0.2, 0.25) is 0 Å². The molecule has 0 aromatic rings. The van der Waals surface area contributed by atoms with Gasteiger partial charge in [-0.3, -0.25) is 4.79 Å². The van der Waals surface area contributed by atoms with Crippen molar-refractivity contribution >= 4 is 17.5 Å². The van der Waals surface area contributed by atoms with E-state index < -0.39 is 0 Å². The Bertz CT molecular complexity index is 200. The standard InChI is InChI=1S/C12H20OS/c1-9-4-6-10(7-5-9)12(13)11-3-2-8-14-11/h9-11H,2-8H2,1H3. The lowest BCUT2D eigenvalue weighted by Crippen LogP contribution is -2.27. The molecule has 2 rings (SSSR count). The zero-order chi connectivity index (χ0) is 9.97. The third-order valence-electron chi connectivity index (χ3n) is 3.67. The van der Waals surface area contributed by atoms with Crippen molar-refractivity contribution in [1.82, 2.24) is 0 Å². The van der Waals surface area contributed by atoms with Crippen LogP contribution in [0.3, 0.4) is 0 Å². The van der Waals surface area contributed by atoms with Gasteiger partial charge in [-0.25, -0.2) is 0 Å². The van der Waals surface area contributed by atoms with E-state index in [9.17, 15) is 4.79 Å². The Labute approximate surface area is 91.0 Å².